The highest BCUT2D eigenvalue weighted by Gasteiger charge is 2.48. The van der Waals surface area contributed by atoms with E-state index < -0.39 is 23.8 Å². The van der Waals surface area contributed by atoms with Crippen molar-refractivity contribution in [1.82, 2.24) is 0 Å². The summed E-state index contributed by atoms with van der Waals surface area (Å²) in [7, 11) is 1.18. The Morgan fingerprint density at radius 1 is 1.50 bits per heavy atom. The number of alkyl halides is 1. The predicted octanol–water partition coefficient (Wildman–Crippen LogP) is -0.790. The molecular formula is C8H13IO5. The summed E-state index contributed by atoms with van der Waals surface area (Å²) in [4.78, 5) is 11.2. The Kier molecular flexibility index (Phi) is 3.73. The van der Waals surface area contributed by atoms with E-state index in [1.165, 1.54) is 7.11 Å². The van der Waals surface area contributed by atoms with Crippen LogP contribution in [0.25, 0.3) is 0 Å². The minimum atomic E-state index is -1.67. The number of hydrogen-bond acceptors (Lipinski definition) is 5. The molecule has 1 aliphatic carbocycles. The second kappa shape index (κ2) is 4.30. The average molecular weight is 316 g/mol. The first-order valence-corrected chi connectivity index (χ1v) is 5.46. The van der Waals surface area contributed by atoms with Crippen LogP contribution in [-0.4, -0.2) is 50.1 Å². The van der Waals surface area contributed by atoms with Gasteiger partial charge in [-0.3, -0.25) is 0 Å². The van der Waals surface area contributed by atoms with Gasteiger partial charge in [0.15, 0.2) is 5.60 Å². The minimum absolute atomic E-state index is 0.0957. The number of methoxy groups -OCH3 is 1. The number of rotatable bonds is 1. The molecule has 0 aromatic rings. The predicted molar refractivity (Wildman–Crippen MR) is 56.0 cm³/mol. The highest BCUT2D eigenvalue weighted by atomic mass is 127. The van der Waals surface area contributed by atoms with Gasteiger partial charge in [-0.15, -0.1) is 0 Å². The monoisotopic (exact) mass is 316 g/mol. The molecule has 82 valence electrons. The molecule has 1 aliphatic rings. The zero-order valence-corrected chi connectivity index (χ0v) is 9.84. The highest BCUT2D eigenvalue weighted by Crippen LogP contribution is 2.34. The maximum Gasteiger partial charge on any atom is 0.337 e. The summed E-state index contributed by atoms with van der Waals surface area (Å²) in [5, 5.41) is 28.7. The number of aliphatic hydroxyl groups is 3. The van der Waals surface area contributed by atoms with Crippen molar-refractivity contribution < 1.29 is 24.9 Å². The lowest BCUT2D eigenvalue weighted by Gasteiger charge is -2.38. The van der Waals surface area contributed by atoms with Crippen molar-refractivity contribution in [3.05, 3.63) is 0 Å². The summed E-state index contributed by atoms with van der Waals surface area (Å²) in [6.45, 7) is 0. The van der Waals surface area contributed by atoms with Crippen molar-refractivity contribution in [1.29, 1.82) is 0 Å². The summed E-state index contributed by atoms with van der Waals surface area (Å²) in [5.74, 6) is -0.759. The molecule has 0 spiro atoms. The second-order valence-electron chi connectivity index (χ2n) is 3.51. The van der Waals surface area contributed by atoms with Gasteiger partial charge < -0.3 is 20.1 Å². The van der Waals surface area contributed by atoms with Gasteiger partial charge >= 0.3 is 5.97 Å². The molecule has 0 aromatic heterocycles. The van der Waals surface area contributed by atoms with Crippen LogP contribution in [0.4, 0.5) is 0 Å². The van der Waals surface area contributed by atoms with Gasteiger partial charge in [-0.25, -0.2) is 4.79 Å². The van der Waals surface area contributed by atoms with Crippen molar-refractivity contribution in [2.75, 3.05) is 7.11 Å². The zero-order chi connectivity index (χ0) is 10.9. The van der Waals surface area contributed by atoms with Gasteiger partial charge in [0, 0.05) is 16.8 Å². The maximum absolute atomic E-state index is 11.2. The van der Waals surface area contributed by atoms with Gasteiger partial charge in [0.2, 0.25) is 0 Å². The van der Waals surface area contributed by atoms with E-state index in [9.17, 15) is 20.1 Å². The van der Waals surface area contributed by atoms with E-state index in [1.807, 2.05) is 22.6 Å². The molecule has 0 aliphatic heterocycles. The Labute approximate surface area is 95.2 Å². The Morgan fingerprint density at radius 3 is 2.50 bits per heavy atom. The molecule has 3 N–H and O–H groups in total. The molecule has 5 nitrogen and oxygen atoms in total. The molecule has 1 fully saturated rings. The number of carbonyl (C=O) groups excluding carboxylic acids is 1. The van der Waals surface area contributed by atoms with Crippen molar-refractivity contribution in [3.63, 3.8) is 0 Å². The lowest BCUT2D eigenvalue weighted by atomic mass is 9.81. The van der Waals surface area contributed by atoms with Gasteiger partial charge in [-0.05, 0) is 0 Å². The van der Waals surface area contributed by atoms with Gasteiger partial charge in [-0.2, -0.15) is 0 Å². The molecule has 0 bridgehead atoms. The third kappa shape index (κ3) is 2.18. The normalized spacial score (nSPS) is 43.4. The van der Waals surface area contributed by atoms with Gasteiger partial charge in [-0.1, -0.05) is 22.6 Å². The number of halogens is 1. The fourth-order valence-corrected chi connectivity index (χ4v) is 2.80. The summed E-state index contributed by atoms with van der Waals surface area (Å²) in [5.41, 5.74) is -1.67. The Balaban J connectivity index is 2.78. The van der Waals surface area contributed by atoms with E-state index in [0.29, 0.717) is 0 Å². The van der Waals surface area contributed by atoms with Crippen molar-refractivity contribution >= 4 is 28.6 Å². The summed E-state index contributed by atoms with van der Waals surface area (Å²) in [6.07, 6.45) is -2.08. The summed E-state index contributed by atoms with van der Waals surface area (Å²) >= 11 is 1.90. The van der Waals surface area contributed by atoms with Crippen molar-refractivity contribution in [2.45, 2.75) is 34.6 Å². The quantitative estimate of drug-likeness (QED) is 0.335. The van der Waals surface area contributed by atoms with Crippen LogP contribution in [-0.2, 0) is 9.53 Å². The molecule has 0 amide bonds. The van der Waals surface area contributed by atoms with E-state index in [0.717, 1.165) is 0 Å². The van der Waals surface area contributed by atoms with Crippen LogP contribution < -0.4 is 0 Å². The van der Waals surface area contributed by atoms with Crippen LogP contribution >= 0.6 is 22.6 Å². The third-order valence-electron chi connectivity index (χ3n) is 2.41. The highest BCUT2D eigenvalue weighted by molar-refractivity contribution is 14.1. The second-order valence-corrected chi connectivity index (χ2v) is 5.11. The molecular weight excluding hydrogens is 303 g/mol. The third-order valence-corrected chi connectivity index (χ3v) is 3.59. The number of esters is 1. The van der Waals surface area contributed by atoms with Crippen molar-refractivity contribution in [2.24, 2.45) is 0 Å². The van der Waals surface area contributed by atoms with Crippen LogP contribution in [0.3, 0.4) is 0 Å². The number of aliphatic hydroxyl groups excluding tert-OH is 2. The van der Waals surface area contributed by atoms with Crippen LogP contribution in [0.15, 0.2) is 0 Å². The van der Waals surface area contributed by atoms with E-state index in [4.69, 9.17) is 0 Å². The maximum atomic E-state index is 11.2. The van der Waals surface area contributed by atoms with Gasteiger partial charge in [0.05, 0.1) is 19.3 Å². The summed E-state index contributed by atoms with van der Waals surface area (Å²) in [6, 6.07) is 0. The fourth-order valence-electron chi connectivity index (χ4n) is 1.59. The number of hydrogen-bond donors (Lipinski definition) is 3. The molecule has 4 atom stereocenters. The lowest BCUT2D eigenvalue weighted by molar-refractivity contribution is -0.174. The van der Waals surface area contributed by atoms with Crippen LogP contribution in [0.2, 0.25) is 0 Å². The largest absolute Gasteiger partial charge is 0.467 e. The first-order valence-electron chi connectivity index (χ1n) is 4.21. The zero-order valence-electron chi connectivity index (χ0n) is 7.68. The molecule has 0 radical (unpaired) electrons. The molecule has 0 heterocycles. The van der Waals surface area contributed by atoms with Crippen LogP contribution in [0.1, 0.15) is 12.8 Å². The molecule has 0 aromatic carbocycles. The number of ether oxygens (including phenoxy) is 1. The van der Waals surface area contributed by atoms with Crippen LogP contribution in [0, 0.1) is 0 Å². The van der Waals surface area contributed by atoms with Gasteiger partial charge in [0.1, 0.15) is 0 Å². The SMILES string of the molecule is COC(=O)[C@]1(O)C[C@@H](O)[C@@H](O)[C@H](I)C1. The average Bonchev–Trinajstić information content (AvgIpc) is 2.12. The fraction of sp³-hybridized carbons (Fsp3) is 0.875. The van der Waals surface area contributed by atoms with E-state index in [-0.39, 0.29) is 16.8 Å². The van der Waals surface area contributed by atoms with Crippen molar-refractivity contribution in [3.8, 4) is 0 Å². The minimum Gasteiger partial charge on any atom is -0.467 e. The molecule has 0 unspecified atom stereocenters. The smallest absolute Gasteiger partial charge is 0.337 e. The first-order chi connectivity index (χ1) is 6.40. The topological polar surface area (TPSA) is 87.0 Å². The standard InChI is InChI=1S/C8H13IO5/c1-14-7(12)8(13)2-4(9)6(11)5(10)3-8/h4-6,10-11,13H,2-3H2,1H3/t4-,5-,6+,8-/m1/s1. The van der Waals surface area contributed by atoms with E-state index in [1.54, 1.807) is 0 Å². The summed E-state index contributed by atoms with van der Waals surface area (Å²) < 4.78 is 4.08. The van der Waals surface area contributed by atoms with E-state index >= 15 is 0 Å². The Hall–Kier alpha value is 0.0800. The molecule has 1 saturated carbocycles. The molecule has 14 heavy (non-hydrogen) atoms. The molecule has 0 saturated heterocycles. The van der Waals surface area contributed by atoms with Crippen LogP contribution in [0.5, 0.6) is 0 Å². The molecule has 1 rings (SSSR count). The molecule has 6 heteroatoms. The lowest BCUT2D eigenvalue weighted by Crippen LogP contribution is -2.54. The first kappa shape index (κ1) is 12.2. The Bertz CT molecular complexity index is 220. The Morgan fingerprint density at radius 2 is 2.07 bits per heavy atom. The van der Waals surface area contributed by atoms with Gasteiger partial charge in [0.25, 0.3) is 0 Å². The van der Waals surface area contributed by atoms with E-state index in [2.05, 4.69) is 4.74 Å². The number of carbonyl (C=O) groups is 1.